The number of imidazole rings is 1. The molecule has 6 heteroatoms. The first kappa shape index (κ1) is 19.2. The molecule has 0 spiro atoms. The largest absolute Gasteiger partial charge is 0.494 e. The van der Waals surface area contributed by atoms with Crippen molar-refractivity contribution in [3.05, 3.63) is 65.4 Å². The van der Waals surface area contributed by atoms with Crippen molar-refractivity contribution in [1.82, 2.24) is 9.55 Å². The molecule has 0 saturated heterocycles. The van der Waals surface area contributed by atoms with Crippen molar-refractivity contribution in [3.8, 4) is 22.8 Å². The van der Waals surface area contributed by atoms with Gasteiger partial charge in [-0.1, -0.05) is 30.3 Å². The topological polar surface area (TPSA) is 64.3 Å². The Labute approximate surface area is 173 Å². The van der Waals surface area contributed by atoms with Gasteiger partial charge in [-0.2, -0.15) is 11.3 Å². The lowest BCUT2D eigenvalue weighted by atomic mass is 10.2. The van der Waals surface area contributed by atoms with Crippen molar-refractivity contribution >= 4 is 28.3 Å². The fourth-order valence-corrected chi connectivity index (χ4v) is 3.94. The van der Waals surface area contributed by atoms with E-state index in [0.29, 0.717) is 13.0 Å². The maximum absolute atomic E-state index is 10.6. The van der Waals surface area contributed by atoms with Crippen LogP contribution in [0.1, 0.15) is 25.7 Å². The third-order valence-corrected chi connectivity index (χ3v) is 5.40. The van der Waals surface area contributed by atoms with Crippen LogP contribution in [0.5, 0.6) is 5.75 Å². The van der Waals surface area contributed by atoms with Gasteiger partial charge in [0.05, 0.1) is 23.3 Å². The SMILES string of the molecule is O=C(O)CCCCCOc1ccc2c(c1)nc(-c1ccccc1)n2-c1ccsc1. The van der Waals surface area contributed by atoms with Crippen molar-refractivity contribution in [2.24, 2.45) is 0 Å². The van der Waals surface area contributed by atoms with Gasteiger partial charge in [0.2, 0.25) is 0 Å². The third kappa shape index (κ3) is 4.49. The molecular formula is C23H22N2O3S. The van der Waals surface area contributed by atoms with E-state index in [-0.39, 0.29) is 6.42 Å². The second-order valence-corrected chi connectivity index (χ2v) is 7.60. The number of unbranched alkanes of at least 4 members (excludes halogenated alkanes) is 2. The zero-order valence-electron chi connectivity index (χ0n) is 16.0. The highest BCUT2D eigenvalue weighted by Gasteiger charge is 2.15. The van der Waals surface area contributed by atoms with Crippen LogP contribution < -0.4 is 4.74 Å². The van der Waals surface area contributed by atoms with Gasteiger partial charge in [0.25, 0.3) is 0 Å². The van der Waals surface area contributed by atoms with Crippen molar-refractivity contribution in [2.45, 2.75) is 25.7 Å². The molecule has 1 N–H and O–H groups in total. The average molecular weight is 407 g/mol. The van der Waals surface area contributed by atoms with Crippen LogP contribution in [-0.4, -0.2) is 27.2 Å². The summed E-state index contributed by atoms with van der Waals surface area (Å²) in [6.07, 6.45) is 2.58. The van der Waals surface area contributed by atoms with Crippen LogP contribution in [-0.2, 0) is 4.79 Å². The summed E-state index contributed by atoms with van der Waals surface area (Å²) in [5.74, 6) is 0.946. The van der Waals surface area contributed by atoms with E-state index in [1.54, 1.807) is 11.3 Å². The molecule has 0 radical (unpaired) electrons. The van der Waals surface area contributed by atoms with Gasteiger partial charge in [0, 0.05) is 23.4 Å². The molecule has 148 valence electrons. The Balaban J connectivity index is 1.57. The first-order valence-corrected chi connectivity index (χ1v) is 10.6. The lowest BCUT2D eigenvalue weighted by Gasteiger charge is -2.08. The first-order chi connectivity index (χ1) is 14.2. The number of carboxylic acid groups (broad SMARTS) is 1. The minimum atomic E-state index is -0.744. The Kier molecular flexibility index (Phi) is 5.91. The van der Waals surface area contributed by atoms with Crippen molar-refractivity contribution in [1.29, 1.82) is 0 Å². The summed E-state index contributed by atoms with van der Waals surface area (Å²) in [5.41, 5.74) is 4.09. The number of carboxylic acids is 1. The molecule has 0 fully saturated rings. The minimum Gasteiger partial charge on any atom is -0.494 e. The molecule has 0 aliphatic rings. The number of fused-ring (bicyclic) bond motifs is 1. The fourth-order valence-electron chi connectivity index (χ4n) is 3.32. The van der Waals surface area contributed by atoms with Gasteiger partial charge in [-0.3, -0.25) is 9.36 Å². The van der Waals surface area contributed by atoms with E-state index in [4.69, 9.17) is 14.8 Å². The number of aliphatic carboxylic acids is 1. The lowest BCUT2D eigenvalue weighted by Crippen LogP contribution is -1.99. The molecule has 2 aromatic carbocycles. The minimum absolute atomic E-state index is 0.217. The number of aromatic nitrogens is 2. The molecule has 4 rings (SSSR count). The molecule has 0 saturated carbocycles. The maximum atomic E-state index is 10.6. The summed E-state index contributed by atoms with van der Waals surface area (Å²) < 4.78 is 8.05. The second kappa shape index (κ2) is 8.92. The predicted molar refractivity (Wildman–Crippen MR) is 116 cm³/mol. The fraction of sp³-hybridized carbons (Fsp3) is 0.217. The number of carbonyl (C=O) groups is 1. The smallest absolute Gasteiger partial charge is 0.303 e. The van der Waals surface area contributed by atoms with E-state index >= 15 is 0 Å². The van der Waals surface area contributed by atoms with Crippen LogP contribution in [0.2, 0.25) is 0 Å². The molecule has 0 atom stereocenters. The number of hydrogen-bond donors (Lipinski definition) is 1. The summed E-state index contributed by atoms with van der Waals surface area (Å²) in [6, 6.07) is 18.3. The van der Waals surface area contributed by atoms with E-state index in [9.17, 15) is 4.79 Å². The normalized spacial score (nSPS) is 11.0. The van der Waals surface area contributed by atoms with E-state index in [0.717, 1.165) is 46.7 Å². The highest BCUT2D eigenvalue weighted by atomic mass is 32.1. The van der Waals surface area contributed by atoms with Crippen molar-refractivity contribution in [2.75, 3.05) is 6.61 Å². The zero-order valence-corrected chi connectivity index (χ0v) is 16.8. The Morgan fingerprint density at radius 2 is 1.93 bits per heavy atom. The maximum Gasteiger partial charge on any atom is 0.303 e. The van der Waals surface area contributed by atoms with Gasteiger partial charge in [0.15, 0.2) is 0 Å². The highest BCUT2D eigenvalue weighted by Crippen LogP contribution is 2.31. The van der Waals surface area contributed by atoms with Gasteiger partial charge < -0.3 is 9.84 Å². The van der Waals surface area contributed by atoms with E-state index in [2.05, 4.69) is 33.5 Å². The molecular weight excluding hydrogens is 384 g/mol. The lowest BCUT2D eigenvalue weighted by molar-refractivity contribution is -0.137. The van der Waals surface area contributed by atoms with Gasteiger partial charge in [-0.15, -0.1) is 0 Å². The first-order valence-electron chi connectivity index (χ1n) is 9.67. The van der Waals surface area contributed by atoms with Crippen LogP contribution in [0.3, 0.4) is 0 Å². The van der Waals surface area contributed by atoms with Gasteiger partial charge in [-0.25, -0.2) is 4.98 Å². The Morgan fingerprint density at radius 1 is 1.07 bits per heavy atom. The van der Waals surface area contributed by atoms with Gasteiger partial charge in [0.1, 0.15) is 11.6 Å². The van der Waals surface area contributed by atoms with E-state index in [1.807, 2.05) is 36.4 Å². The molecule has 0 amide bonds. The Hall–Kier alpha value is -3.12. The molecule has 2 heterocycles. The zero-order chi connectivity index (χ0) is 20.1. The Bertz CT molecular complexity index is 1090. The third-order valence-electron chi connectivity index (χ3n) is 4.73. The van der Waals surface area contributed by atoms with Crippen LogP contribution in [0.15, 0.2) is 65.4 Å². The number of ether oxygens (including phenoxy) is 1. The number of rotatable bonds is 9. The molecule has 2 aromatic heterocycles. The molecule has 5 nitrogen and oxygen atoms in total. The molecule has 0 aliphatic heterocycles. The molecule has 0 unspecified atom stereocenters. The summed E-state index contributed by atoms with van der Waals surface area (Å²) in [6.45, 7) is 0.571. The molecule has 0 aliphatic carbocycles. The van der Waals surface area contributed by atoms with Crippen molar-refractivity contribution in [3.63, 3.8) is 0 Å². The van der Waals surface area contributed by atoms with E-state index < -0.39 is 5.97 Å². The summed E-state index contributed by atoms with van der Waals surface area (Å²) in [5, 5.41) is 12.9. The standard InChI is InChI=1S/C23H22N2O3S/c26-22(27)9-5-2-6-13-28-19-10-11-21-20(15-19)24-23(17-7-3-1-4-8-17)25(21)18-12-14-29-16-18/h1,3-4,7-8,10-12,14-16H,2,5-6,9,13H2,(H,26,27). The number of hydrogen-bond acceptors (Lipinski definition) is 4. The summed E-state index contributed by atoms with van der Waals surface area (Å²) in [4.78, 5) is 15.5. The molecule has 29 heavy (non-hydrogen) atoms. The van der Waals surface area contributed by atoms with Crippen LogP contribution in [0.25, 0.3) is 28.1 Å². The summed E-state index contributed by atoms with van der Waals surface area (Å²) >= 11 is 1.66. The van der Waals surface area contributed by atoms with E-state index in [1.165, 1.54) is 0 Å². The summed E-state index contributed by atoms with van der Waals surface area (Å²) in [7, 11) is 0. The van der Waals surface area contributed by atoms with Gasteiger partial charge >= 0.3 is 5.97 Å². The second-order valence-electron chi connectivity index (χ2n) is 6.82. The quantitative estimate of drug-likeness (QED) is 0.358. The van der Waals surface area contributed by atoms with Crippen molar-refractivity contribution < 1.29 is 14.6 Å². The Morgan fingerprint density at radius 3 is 2.69 bits per heavy atom. The monoisotopic (exact) mass is 406 g/mol. The van der Waals surface area contributed by atoms with Crippen LogP contribution in [0, 0.1) is 0 Å². The van der Waals surface area contributed by atoms with Gasteiger partial charge in [-0.05, 0) is 42.8 Å². The number of nitrogens with zero attached hydrogens (tertiary/aromatic N) is 2. The van der Waals surface area contributed by atoms with Crippen LogP contribution >= 0.6 is 11.3 Å². The average Bonchev–Trinajstić information content (AvgIpc) is 3.38. The van der Waals surface area contributed by atoms with Crippen LogP contribution in [0.4, 0.5) is 0 Å². The molecule has 4 aromatic rings. The molecule has 0 bridgehead atoms. The highest BCUT2D eigenvalue weighted by molar-refractivity contribution is 7.08. The number of benzene rings is 2. The predicted octanol–water partition coefficient (Wildman–Crippen LogP) is 5.78. The number of thiophene rings is 1.